The molecule has 28 heavy (non-hydrogen) atoms. The zero-order valence-electron chi connectivity index (χ0n) is 16.0. The smallest absolute Gasteiger partial charge is 0.177 e. The highest BCUT2D eigenvalue weighted by Gasteiger charge is 2.65. The van der Waals surface area contributed by atoms with Crippen LogP contribution in [-0.4, -0.2) is 34.6 Å². The Morgan fingerprint density at radius 3 is 2.64 bits per heavy atom. The fourth-order valence-electron chi connectivity index (χ4n) is 5.20. The van der Waals surface area contributed by atoms with Crippen LogP contribution in [0.25, 0.3) is 0 Å². The van der Waals surface area contributed by atoms with Crippen molar-refractivity contribution < 1.29 is 23.7 Å². The second kappa shape index (κ2) is 7.17. The van der Waals surface area contributed by atoms with Gasteiger partial charge < -0.3 is 18.9 Å². The van der Waals surface area contributed by atoms with E-state index in [2.05, 4.69) is 15.9 Å². The number of alkyl halides is 1. The van der Waals surface area contributed by atoms with Crippen molar-refractivity contribution in [2.45, 2.75) is 80.2 Å². The van der Waals surface area contributed by atoms with Crippen LogP contribution in [0.5, 0.6) is 0 Å². The monoisotopic (exact) mass is 450 g/mol. The SMILES string of the molecule is O=C1CC2(OCc3ccccc3)CCC1C(Br)(C1COC3(CCCCC3)O1)O2. The molecule has 3 aliphatic heterocycles. The third-order valence-corrected chi connectivity index (χ3v) is 7.94. The first-order valence-corrected chi connectivity index (χ1v) is 11.2. The number of carbonyl (C=O) groups excluding carboxylic acids is 1. The largest absolute Gasteiger partial charge is 0.347 e. The second-order valence-electron chi connectivity index (χ2n) is 8.61. The molecule has 3 heterocycles. The highest BCUT2D eigenvalue weighted by molar-refractivity contribution is 9.10. The molecule has 3 saturated heterocycles. The molecule has 2 bridgehead atoms. The molecule has 0 radical (unpaired) electrons. The molecule has 5 nitrogen and oxygen atoms in total. The van der Waals surface area contributed by atoms with E-state index in [1.165, 1.54) is 6.42 Å². The van der Waals surface area contributed by atoms with Crippen LogP contribution in [0.4, 0.5) is 0 Å². The van der Waals surface area contributed by atoms with E-state index in [1.807, 2.05) is 30.3 Å². The minimum absolute atomic E-state index is 0.190. The molecule has 0 aromatic heterocycles. The Morgan fingerprint density at radius 2 is 1.89 bits per heavy atom. The van der Waals surface area contributed by atoms with Gasteiger partial charge in [0.05, 0.1) is 25.6 Å². The molecule has 1 aromatic carbocycles. The summed E-state index contributed by atoms with van der Waals surface area (Å²) in [6.07, 6.45) is 6.77. The quantitative estimate of drug-likeness (QED) is 0.633. The maximum atomic E-state index is 12.9. The highest BCUT2D eigenvalue weighted by Crippen LogP contribution is 2.56. The Hall–Kier alpha value is -0.790. The number of fused-ring (bicyclic) bond motifs is 3. The van der Waals surface area contributed by atoms with E-state index in [1.54, 1.807) is 0 Å². The molecule has 152 valence electrons. The first-order chi connectivity index (χ1) is 13.5. The first-order valence-electron chi connectivity index (χ1n) is 10.4. The first kappa shape index (κ1) is 19.2. The lowest BCUT2D eigenvalue weighted by atomic mass is 9.75. The number of hydrogen-bond acceptors (Lipinski definition) is 5. The Labute approximate surface area is 174 Å². The van der Waals surface area contributed by atoms with E-state index in [9.17, 15) is 4.79 Å². The molecule has 4 atom stereocenters. The molecule has 2 aliphatic carbocycles. The van der Waals surface area contributed by atoms with Crippen LogP contribution in [0.2, 0.25) is 0 Å². The maximum absolute atomic E-state index is 12.9. The summed E-state index contributed by atoms with van der Waals surface area (Å²) in [6.45, 7) is 0.873. The van der Waals surface area contributed by atoms with Crippen LogP contribution in [0.15, 0.2) is 30.3 Å². The summed E-state index contributed by atoms with van der Waals surface area (Å²) in [7, 11) is 0. The van der Waals surface area contributed by atoms with Crippen molar-refractivity contribution in [3.63, 3.8) is 0 Å². The number of ether oxygens (including phenoxy) is 4. The van der Waals surface area contributed by atoms with Crippen molar-refractivity contribution in [2.24, 2.45) is 5.92 Å². The molecule has 0 amide bonds. The Kier molecular flexibility index (Phi) is 4.91. The van der Waals surface area contributed by atoms with Gasteiger partial charge >= 0.3 is 0 Å². The van der Waals surface area contributed by atoms with E-state index in [0.29, 0.717) is 19.6 Å². The molecule has 0 N–H and O–H groups in total. The summed E-state index contributed by atoms with van der Waals surface area (Å²) >= 11 is 3.80. The summed E-state index contributed by atoms with van der Waals surface area (Å²) < 4.78 is 24.5. The summed E-state index contributed by atoms with van der Waals surface area (Å²) in [5.74, 6) is -1.42. The van der Waals surface area contributed by atoms with E-state index in [0.717, 1.165) is 44.1 Å². The number of carbonyl (C=O) groups is 1. The van der Waals surface area contributed by atoms with E-state index in [-0.39, 0.29) is 17.8 Å². The van der Waals surface area contributed by atoms with Crippen LogP contribution in [0.3, 0.4) is 0 Å². The molecule has 1 spiro atoms. The van der Waals surface area contributed by atoms with Gasteiger partial charge in [0.1, 0.15) is 11.9 Å². The molecular formula is C22H27BrO5. The highest BCUT2D eigenvalue weighted by atomic mass is 79.9. The number of ketones is 1. The van der Waals surface area contributed by atoms with Gasteiger partial charge in [-0.15, -0.1) is 0 Å². The van der Waals surface area contributed by atoms with Gasteiger partial charge in [-0.3, -0.25) is 4.79 Å². The number of benzene rings is 1. The second-order valence-corrected chi connectivity index (χ2v) is 9.85. The van der Waals surface area contributed by atoms with Gasteiger partial charge in [0.15, 0.2) is 16.1 Å². The zero-order valence-corrected chi connectivity index (χ0v) is 17.6. The number of rotatable bonds is 4. The lowest BCUT2D eigenvalue weighted by Gasteiger charge is -2.54. The number of Topliss-reactive ketones (excluding diaryl/α,β-unsaturated/α-hetero) is 1. The minimum Gasteiger partial charge on any atom is -0.347 e. The number of hydrogen-bond donors (Lipinski definition) is 0. The van der Waals surface area contributed by atoms with Crippen molar-refractivity contribution in [3.05, 3.63) is 35.9 Å². The molecule has 2 saturated carbocycles. The summed E-state index contributed by atoms with van der Waals surface area (Å²) in [6, 6.07) is 10.0. The van der Waals surface area contributed by atoms with Gasteiger partial charge in [-0.2, -0.15) is 0 Å². The molecule has 4 unspecified atom stereocenters. The van der Waals surface area contributed by atoms with Crippen LogP contribution in [0, 0.1) is 5.92 Å². The van der Waals surface area contributed by atoms with Gasteiger partial charge in [-0.25, -0.2) is 0 Å². The third kappa shape index (κ3) is 3.27. The van der Waals surface area contributed by atoms with Crippen molar-refractivity contribution in [1.29, 1.82) is 0 Å². The average Bonchev–Trinajstić information content (AvgIpc) is 3.12. The minimum atomic E-state index is -0.892. The van der Waals surface area contributed by atoms with Gasteiger partial charge in [-0.05, 0) is 24.8 Å². The predicted molar refractivity (Wildman–Crippen MR) is 106 cm³/mol. The van der Waals surface area contributed by atoms with E-state index >= 15 is 0 Å². The van der Waals surface area contributed by atoms with Crippen LogP contribution in [0.1, 0.15) is 56.9 Å². The molecule has 6 heteroatoms. The molecule has 1 aromatic rings. The lowest BCUT2D eigenvalue weighted by molar-refractivity contribution is -0.335. The summed E-state index contributed by atoms with van der Waals surface area (Å²) in [5, 5.41) is 0. The van der Waals surface area contributed by atoms with Crippen molar-refractivity contribution in [2.75, 3.05) is 6.61 Å². The van der Waals surface area contributed by atoms with Gasteiger partial charge in [0, 0.05) is 19.3 Å². The standard InChI is InChI=1S/C22H27BrO5/c23-22(19-15-26-20(27-19)10-5-2-6-11-20)17-9-12-21(28-22,13-18(17)24)25-14-16-7-3-1-4-8-16/h1,3-4,7-8,17,19H,2,5-6,9-15H2. The maximum Gasteiger partial charge on any atom is 0.177 e. The molecule has 5 fully saturated rings. The van der Waals surface area contributed by atoms with Crippen LogP contribution in [-0.2, 0) is 30.3 Å². The van der Waals surface area contributed by atoms with Gasteiger partial charge in [0.2, 0.25) is 0 Å². The average molecular weight is 451 g/mol. The lowest BCUT2D eigenvalue weighted by Crippen LogP contribution is -2.65. The van der Waals surface area contributed by atoms with E-state index < -0.39 is 16.1 Å². The summed E-state index contributed by atoms with van der Waals surface area (Å²) in [4.78, 5) is 12.9. The molecule has 6 rings (SSSR count). The van der Waals surface area contributed by atoms with Crippen molar-refractivity contribution in [1.82, 2.24) is 0 Å². The van der Waals surface area contributed by atoms with E-state index in [4.69, 9.17) is 18.9 Å². The van der Waals surface area contributed by atoms with Crippen LogP contribution >= 0.6 is 15.9 Å². The third-order valence-electron chi connectivity index (χ3n) is 6.72. The fraction of sp³-hybridized carbons (Fsp3) is 0.682. The topological polar surface area (TPSA) is 54.0 Å². The van der Waals surface area contributed by atoms with Crippen molar-refractivity contribution in [3.8, 4) is 0 Å². The molecule has 5 aliphatic rings. The normalized spacial score (nSPS) is 39.5. The Bertz CT molecular complexity index is 734. The predicted octanol–water partition coefficient (Wildman–Crippen LogP) is 4.47. The van der Waals surface area contributed by atoms with Gasteiger partial charge in [-0.1, -0.05) is 52.7 Å². The van der Waals surface area contributed by atoms with Gasteiger partial charge in [0.25, 0.3) is 0 Å². The van der Waals surface area contributed by atoms with Crippen LogP contribution < -0.4 is 0 Å². The van der Waals surface area contributed by atoms with Crippen molar-refractivity contribution >= 4 is 21.7 Å². The Morgan fingerprint density at radius 1 is 1.11 bits per heavy atom. The fourth-order valence-corrected chi connectivity index (χ4v) is 6.20. The Balaban J connectivity index is 1.34. The molecular weight excluding hydrogens is 424 g/mol. The summed E-state index contributed by atoms with van der Waals surface area (Å²) in [5.41, 5.74) is 1.07. The zero-order chi connectivity index (χ0) is 19.2. The number of halogens is 1.